The van der Waals surface area contributed by atoms with Crippen molar-refractivity contribution in [3.8, 4) is 0 Å². The van der Waals surface area contributed by atoms with Crippen molar-refractivity contribution in [1.29, 1.82) is 0 Å². The number of hydrogen-bond donors (Lipinski definition) is 1. The smallest absolute Gasteiger partial charge is 1.00 e. The van der Waals surface area contributed by atoms with Crippen LogP contribution in [0, 0.1) is 0 Å². The van der Waals surface area contributed by atoms with Gasteiger partial charge in [-0.15, -0.1) is 0 Å². The average molecular weight is 245 g/mol. The van der Waals surface area contributed by atoms with Crippen LogP contribution in [0.2, 0.25) is 5.02 Å². The van der Waals surface area contributed by atoms with Gasteiger partial charge in [0.2, 0.25) is 0 Å². The van der Waals surface area contributed by atoms with Gasteiger partial charge in [-0.25, -0.2) is 0 Å². The number of benzene rings is 1. The van der Waals surface area contributed by atoms with Crippen molar-refractivity contribution in [3.05, 3.63) is 28.8 Å². The molecule has 1 nitrogen and oxygen atoms in total. The topological polar surface area (TPSA) is 26.0 Å². The van der Waals surface area contributed by atoms with E-state index in [2.05, 4.69) is 0 Å². The Morgan fingerprint density at radius 3 is 2.55 bits per heavy atom. The van der Waals surface area contributed by atoms with Crippen molar-refractivity contribution >= 4 is 37.0 Å². The zero-order valence-corrected chi connectivity index (χ0v) is 9.74. The van der Waals surface area contributed by atoms with Gasteiger partial charge in [-0.1, -0.05) is 0 Å². The summed E-state index contributed by atoms with van der Waals surface area (Å²) in [6.45, 7) is 0.569. The van der Waals surface area contributed by atoms with Crippen molar-refractivity contribution < 1.29 is 17.0 Å². The Morgan fingerprint density at radius 1 is 1.45 bits per heavy atom. The molecular weight excluding hydrogens is 238 g/mol. The Labute approximate surface area is 94.5 Å². The summed E-state index contributed by atoms with van der Waals surface area (Å²) in [5, 5.41) is 0.760. The normalized spacial score (nSPS) is 9.09. The van der Waals surface area contributed by atoms with Crippen LogP contribution in [0.15, 0.2) is 18.2 Å². The second kappa shape index (κ2) is 5.38. The third-order valence-electron chi connectivity index (χ3n) is 1.39. The van der Waals surface area contributed by atoms with Crippen molar-refractivity contribution in [2.24, 2.45) is 5.73 Å². The van der Waals surface area contributed by atoms with E-state index in [-0.39, 0.29) is 17.0 Å². The molecule has 1 aromatic carbocycles. The number of hydrogen-bond acceptors (Lipinski definition) is 1. The number of rotatable bonds is 1. The molecule has 0 bridgehead atoms. The van der Waals surface area contributed by atoms with E-state index in [0.717, 1.165) is 10.6 Å². The molecule has 0 aliphatic carbocycles. The predicted octanol–water partition coefficient (Wildman–Crippen LogP) is -2.40. The Bertz CT molecular complexity index is 242. The van der Waals surface area contributed by atoms with Gasteiger partial charge in [0.25, 0.3) is 0 Å². The molecule has 4 heteroatoms. The van der Waals surface area contributed by atoms with Crippen LogP contribution in [-0.4, -0.2) is 21.7 Å². The van der Waals surface area contributed by atoms with Crippen molar-refractivity contribution in [2.75, 3.05) is 0 Å². The SMILES string of the molecule is NCc1cc(Cl)cc[c]1[Mg+].[Br-]. The van der Waals surface area contributed by atoms with Crippen LogP contribution in [0.1, 0.15) is 5.56 Å². The number of nitrogens with two attached hydrogens (primary N) is 1. The van der Waals surface area contributed by atoms with Gasteiger partial charge in [0.15, 0.2) is 0 Å². The summed E-state index contributed by atoms with van der Waals surface area (Å²) < 4.78 is 1.23. The van der Waals surface area contributed by atoms with Crippen molar-refractivity contribution in [3.63, 3.8) is 0 Å². The van der Waals surface area contributed by atoms with Crippen molar-refractivity contribution in [2.45, 2.75) is 6.54 Å². The molecule has 0 aliphatic rings. The largest absolute Gasteiger partial charge is 1.00 e. The molecule has 0 atom stereocenters. The van der Waals surface area contributed by atoms with Gasteiger partial charge in [0.1, 0.15) is 0 Å². The van der Waals surface area contributed by atoms with Crippen LogP contribution in [0.4, 0.5) is 0 Å². The van der Waals surface area contributed by atoms with E-state index in [1.807, 2.05) is 39.9 Å². The fourth-order valence-corrected chi connectivity index (χ4v) is 1.34. The molecule has 0 unspecified atom stereocenters. The minimum Gasteiger partial charge on any atom is -1.00 e. The average Bonchev–Trinajstić information content (AvgIpc) is 1.94. The fraction of sp³-hybridized carbons (Fsp3) is 0.143. The van der Waals surface area contributed by atoms with Crippen LogP contribution < -0.4 is 26.4 Å². The molecule has 1 rings (SSSR count). The summed E-state index contributed by atoms with van der Waals surface area (Å²) >= 11 is 7.57. The van der Waals surface area contributed by atoms with E-state index in [4.69, 9.17) is 17.3 Å². The van der Waals surface area contributed by atoms with Gasteiger partial charge in [-0.3, -0.25) is 0 Å². The minimum atomic E-state index is 0. The summed E-state index contributed by atoms with van der Waals surface area (Å²) in [5.74, 6) is 0. The fourth-order valence-electron chi connectivity index (χ4n) is 0.785. The van der Waals surface area contributed by atoms with E-state index in [1.54, 1.807) is 0 Å². The molecule has 0 saturated heterocycles. The number of halogens is 2. The summed E-state index contributed by atoms with van der Waals surface area (Å²) in [5.41, 5.74) is 6.60. The van der Waals surface area contributed by atoms with Crippen LogP contribution in [0.25, 0.3) is 0 Å². The zero-order valence-electron chi connectivity index (χ0n) is 5.98. The molecule has 11 heavy (non-hydrogen) atoms. The molecule has 0 radical (unpaired) electrons. The third kappa shape index (κ3) is 3.30. The Morgan fingerprint density at radius 2 is 2.09 bits per heavy atom. The minimum absolute atomic E-state index is 0. The Balaban J connectivity index is 0.000001000. The molecule has 0 saturated carbocycles. The first-order valence-electron chi connectivity index (χ1n) is 3.04. The molecular formula is C7H7BrClMgN. The summed E-state index contributed by atoms with van der Waals surface area (Å²) in [6.07, 6.45) is 0. The van der Waals surface area contributed by atoms with Gasteiger partial charge in [0.05, 0.1) is 0 Å². The molecule has 1 aromatic rings. The van der Waals surface area contributed by atoms with Crippen LogP contribution >= 0.6 is 11.6 Å². The van der Waals surface area contributed by atoms with E-state index in [9.17, 15) is 0 Å². The molecule has 0 fully saturated rings. The maximum absolute atomic E-state index is 5.74. The Hall–Kier alpha value is 0.716. The molecule has 0 aliphatic heterocycles. The van der Waals surface area contributed by atoms with Gasteiger partial charge in [-0.2, -0.15) is 0 Å². The summed E-state index contributed by atoms with van der Waals surface area (Å²) in [6, 6.07) is 5.77. The van der Waals surface area contributed by atoms with Crippen molar-refractivity contribution in [1.82, 2.24) is 0 Å². The molecule has 0 spiro atoms. The van der Waals surface area contributed by atoms with Crippen LogP contribution in [0.3, 0.4) is 0 Å². The molecule has 2 N–H and O–H groups in total. The second-order valence-corrected chi connectivity index (χ2v) is 3.32. The predicted molar refractivity (Wildman–Crippen MR) is 44.7 cm³/mol. The first kappa shape index (κ1) is 11.7. The second-order valence-electron chi connectivity index (χ2n) is 2.12. The zero-order chi connectivity index (χ0) is 7.56. The quantitative estimate of drug-likeness (QED) is 0.548. The molecule has 56 valence electrons. The molecule has 0 heterocycles. The first-order chi connectivity index (χ1) is 4.74. The van der Waals surface area contributed by atoms with E-state index >= 15 is 0 Å². The van der Waals surface area contributed by atoms with Crippen LogP contribution in [0.5, 0.6) is 0 Å². The van der Waals surface area contributed by atoms with Crippen LogP contribution in [-0.2, 0) is 6.54 Å². The van der Waals surface area contributed by atoms with Gasteiger partial charge >= 0.3 is 78.1 Å². The summed E-state index contributed by atoms with van der Waals surface area (Å²) in [7, 11) is 0. The van der Waals surface area contributed by atoms with Gasteiger partial charge < -0.3 is 17.0 Å². The van der Waals surface area contributed by atoms with E-state index in [0.29, 0.717) is 6.54 Å². The standard InChI is InChI=1S/C7H7ClN.BrH.Mg/c8-7-3-1-2-6(4-7)5-9;;/h1,3-4H,5,9H2;1H;/q;;+1/p-1. The Kier molecular flexibility index (Phi) is 5.73. The van der Waals surface area contributed by atoms with E-state index in [1.165, 1.54) is 3.69 Å². The molecule has 0 amide bonds. The molecule has 0 aromatic heterocycles. The third-order valence-corrected chi connectivity index (χ3v) is 2.31. The first-order valence-corrected chi connectivity index (χ1v) is 4.13. The monoisotopic (exact) mass is 243 g/mol. The maximum atomic E-state index is 5.74. The summed E-state index contributed by atoms with van der Waals surface area (Å²) in [4.78, 5) is 0. The van der Waals surface area contributed by atoms with E-state index < -0.39 is 0 Å². The van der Waals surface area contributed by atoms with Gasteiger partial charge in [0, 0.05) is 0 Å². The van der Waals surface area contributed by atoms with Gasteiger partial charge in [-0.05, 0) is 0 Å². The maximum Gasteiger partial charge on any atom is -1.00 e.